The first-order valence-electron chi connectivity index (χ1n) is 11.0. The minimum absolute atomic E-state index is 0.0876. The normalized spacial score (nSPS) is 16.5. The van der Waals surface area contributed by atoms with Gasteiger partial charge in [0.2, 0.25) is 10.0 Å². The van der Waals surface area contributed by atoms with Crippen LogP contribution in [-0.2, 0) is 21.3 Å². The van der Waals surface area contributed by atoms with Crippen LogP contribution in [0.1, 0.15) is 48.2 Å². The average Bonchev–Trinajstić information content (AvgIpc) is 3.27. The minimum atomic E-state index is -3.70. The fraction of sp³-hybridized carbons (Fsp3) is 0.458. The molecule has 2 aromatic rings. The molecule has 3 rings (SSSR count). The van der Waals surface area contributed by atoms with Crippen LogP contribution in [0, 0.1) is 12.7 Å². The number of amides is 1. The van der Waals surface area contributed by atoms with Crippen molar-refractivity contribution < 1.29 is 22.3 Å². The van der Waals surface area contributed by atoms with Crippen molar-refractivity contribution in [2.75, 3.05) is 26.2 Å². The second-order valence-corrected chi connectivity index (χ2v) is 9.95. The number of carbonyl (C=O) groups is 1. The van der Waals surface area contributed by atoms with Gasteiger partial charge in [-0.2, -0.15) is 4.31 Å². The monoisotopic (exact) mass is 462 g/mol. The van der Waals surface area contributed by atoms with Crippen molar-refractivity contribution in [2.24, 2.45) is 0 Å². The van der Waals surface area contributed by atoms with Crippen LogP contribution < -0.4 is 0 Å². The maximum absolute atomic E-state index is 13.7. The molecule has 1 saturated heterocycles. The second kappa shape index (κ2) is 10.6. The molecule has 0 radical (unpaired) electrons. The SMILES string of the molecule is CCN(CC)S(=O)(=O)c1ccc(C)c(C(=O)N(Cc2cccc(F)c2)CC2CCCO2)c1. The highest BCUT2D eigenvalue weighted by atomic mass is 32.2. The number of carbonyl (C=O) groups excluding carboxylic acids is 1. The van der Waals surface area contributed by atoms with Crippen molar-refractivity contribution in [3.63, 3.8) is 0 Å². The van der Waals surface area contributed by atoms with Crippen LogP contribution in [0.15, 0.2) is 47.4 Å². The number of hydrogen-bond acceptors (Lipinski definition) is 4. The number of benzene rings is 2. The van der Waals surface area contributed by atoms with Gasteiger partial charge >= 0.3 is 0 Å². The predicted octanol–water partition coefficient (Wildman–Crippen LogP) is 3.99. The smallest absolute Gasteiger partial charge is 0.254 e. The Hall–Kier alpha value is -2.29. The summed E-state index contributed by atoms with van der Waals surface area (Å²) in [6.45, 7) is 7.27. The lowest BCUT2D eigenvalue weighted by atomic mass is 10.1. The summed E-state index contributed by atoms with van der Waals surface area (Å²) in [5.74, 6) is -0.658. The lowest BCUT2D eigenvalue weighted by Gasteiger charge is -2.27. The highest BCUT2D eigenvalue weighted by molar-refractivity contribution is 7.89. The third-order valence-corrected chi connectivity index (χ3v) is 7.83. The molecule has 1 aliphatic rings. The predicted molar refractivity (Wildman–Crippen MR) is 121 cm³/mol. The topological polar surface area (TPSA) is 66.9 Å². The van der Waals surface area contributed by atoms with Crippen molar-refractivity contribution in [1.29, 1.82) is 0 Å². The third-order valence-electron chi connectivity index (χ3n) is 5.78. The van der Waals surface area contributed by atoms with Crippen LogP contribution in [0.4, 0.5) is 4.39 Å². The summed E-state index contributed by atoms with van der Waals surface area (Å²) in [5, 5.41) is 0. The lowest BCUT2D eigenvalue weighted by molar-refractivity contribution is 0.0506. The minimum Gasteiger partial charge on any atom is -0.376 e. The summed E-state index contributed by atoms with van der Waals surface area (Å²) in [6, 6.07) is 10.8. The quantitative estimate of drug-likeness (QED) is 0.565. The van der Waals surface area contributed by atoms with Gasteiger partial charge in [-0.15, -0.1) is 0 Å². The molecule has 6 nitrogen and oxygen atoms in total. The van der Waals surface area contributed by atoms with Gasteiger partial charge in [0, 0.05) is 38.3 Å². The van der Waals surface area contributed by atoms with E-state index in [0.29, 0.717) is 42.9 Å². The van der Waals surface area contributed by atoms with E-state index in [1.165, 1.54) is 28.6 Å². The van der Waals surface area contributed by atoms with Crippen molar-refractivity contribution in [3.8, 4) is 0 Å². The Kier molecular flexibility index (Phi) is 8.03. The van der Waals surface area contributed by atoms with Gasteiger partial charge < -0.3 is 9.64 Å². The lowest BCUT2D eigenvalue weighted by Crippen LogP contribution is -2.37. The maximum Gasteiger partial charge on any atom is 0.254 e. The second-order valence-electron chi connectivity index (χ2n) is 8.02. The number of aryl methyl sites for hydroxylation is 1. The van der Waals surface area contributed by atoms with Gasteiger partial charge in [0.05, 0.1) is 11.0 Å². The van der Waals surface area contributed by atoms with Crippen molar-refractivity contribution in [3.05, 3.63) is 65.0 Å². The van der Waals surface area contributed by atoms with Crippen molar-refractivity contribution in [2.45, 2.75) is 51.2 Å². The third kappa shape index (κ3) is 5.54. The van der Waals surface area contributed by atoms with E-state index in [9.17, 15) is 17.6 Å². The summed E-state index contributed by atoms with van der Waals surface area (Å²) in [6.07, 6.45) is 1.70. The molecule has 1 fully saturated rings. The molecular formula is C24H31FN2O4S. The first kappa shape index (κ1) is 24.4. The Bertz CT molecular complexity index is 1050. The molecule has 0 aliphatic carbocycles. The largest absolute Gasteiger partial charge is 0.376 e. The van der Waals surface area contributed by atoms with E-state index < -0.39 is 10.0 Å². The van der Waals surface area contributed by atoms with Crippen LogP contribution >= 0.6 is 0 Å². The number of rotatable bonds is 9. The fourth-order valence-electron chi connectivity index (χ4n) is 3.98. The Labute approximate surface area is 190 Å². The molecule has 0 bridgehead atoms. The van der Waals surface area contributed by atoms with E-state index in [1.54, 1.807) is 43.9 Å². The number of halogens is 1. The van der Waals surface area contributed by atoms with Crippen LogP contribution in [0.2, 0.25) is 0 Å². The summed E-state index contributed by atoms with van der Waals surface area (Å²) in [7, 11) is -3.70. The first-order valence-corrected chi connectivity index (χ1v) is 12.5. The highest BCUT2D eigenvalue weighted by Gasteiger charge is 2.27. The molecule has 0 spiro atoms. The molecule has 1 amide bonds. The van der Waals surface area contributed by atoms with E-state index in [-0.39, 0.29) is 29.3 Å². The Morgan fingerprint density at radius 1 is 1.16 bits per heavy atom. The van der Waals surface area contributed by atoms with Crippen LogP contribution in [0.25, 0.3) is 0 Å². The van der Waals surface area contributed by atoms with Gasteiger partial charge in [0.25, 0.3) is 5.91 Å². The fourth-order valence-corrected chi connectivity index (χ4v) is 5.47. The van der Waals surface area contributed by atoms with Gasteiger partial charge in [0.15, 0.2) is 0 Å². The zero-order chi connectivity index (χ0) is 23.3. The Morgan fingerprint density at radius 2 is 1.91 bits per heavy atom. The number of nitrogens with zero attached hydrogens (tertiary/aromatic N) is 2. The number of hydrogen-bond donors (Lipinski definition) is 0. The zero-order valence-electron chi connectivity index (χ0n) is 18.9. The van der Waals surface area contributed by atoms with Gasteiger partial charge in [0.1, 0.15) is 5.82 Å². The molecule has 1 aliphatic heterocycles. The molecule has 0 aromatic heterocycles. The molecule has 1 atom stereocenters. The van der Waals surface area contributed by atoms with E-state index in [1.807, 2.05) is 0 Å². The molecule has 1 heterocycles. The molecule has 1 unspecified atom stereocenters. The van der Waals surface area contributed by atoms with E-state index in [0.717, 1.165) is 12.8 Å². The van der Waals surface area contributed by atoms with E-state index in [4.69, 9.17) is 4.74 Å². The molecule has 8 heteroatoms. The van der Waals surface area contributed by atoms with Gasteiger partial charge in [-0.1, -0.05) is 32.0 Å². The highest BCUT2D eigenvalue weighted by Crippen LogP contribution is 2.23. The van der Waals surface area contributed by atoms with Crippen molar-refractivity contribution >= 4 is 15.9 Å². The maximum atomic E-state index is 13.7. The molecule has 0 N–H and O–H groups in total. The molecular weight excluding hydrogens is 431 g/mol. The standard InChI is InChI=1S/C24H31FN2O4S/c1-4-27(5-2)32(29,30)22-12-11-18(3)23(15-22)24(28)26(17-21-10-7-13-31-21)16-19-8-6-9-20(25)14-19/h6,8-9,11-12,14-15,21H,4-5,7,10,13,16-17H2,1-3H3. The molecule has 2 aromatic carbocycles. The van der Waals surface area contributed by atoms with Crippen LogP contribution in [0.3, 0.4) is 0 Å². The van der Waals surface area contributed by atoms with Gasteiger partial charge in [-0.05, 0) is 55.2 Å². The van der Waals surface area contributed by atoms with Gasteiger partial charge in [-0.25, -0.2) is 12.8 Å². The van der Waals surface area contributed by atoms with Crippen LogP contribution in [0.5, 0.6) is 0 Å². The van der Waals surface area contributed by atoms with Crippen LogP contribution in [-0.4, -0.2) is 55.9 Å². The average molecular weight is 463 g/mol. The summed E-state index contributed by atoms with van der Waals surface area (Å²) in [4.78, 5) is 15.3. The molecule has 0 saturated carbocycles. The molecule has 174 valence electrons. The van der Waals surface area contributed by atoms with Gasteiger partial charge in [-0.3, -0.25) is 4.79 Å². The number of sulfonamides is 1. The number of ether oxygens (including phenoxy) is 1. The first-order chi connectivity index (χ1) is 15.3. The zero-order valence-corrected chi connectivity index (χ0v) is 19.7. The van der Waals surface area contributed by atoms with E-state index in [2.05, 4.69) is 0 Å². The molecule has 32 heavy (non-hydrogen) atoms. The van der Waals surface area contributed by atoms with E-state index >= 15 is 0 Å². The summed E-state index contributed by atoms with van der Waals surface area (Å²) < 4.78 is 46.8. The summed E-state index contributed by atoms with van der Waals surface area (Å²) >= 11 is 0. The Morgan fingerprint density at radius 3 is 2.53 bits per heavy atom. The summed E-state index contributed by atoms with van der Waals surface area (Å²) in [5.41, 5.74) is 1.68. The van der Waals surface area contributed by atoms with Crippen molar-refractivity contribution in [1.82, 2.24) is 9.21 Å². The Balaban J connectivity index is 1.95.